The lowest BCUT2D eigenvalue weighted by Crippen LogP contribution is -2.66. The fraction of sp³-hybridized carbons (Fsp3) is 0.783. The number of aliphatic hydroxyl groups is 2. The van der Waals surface area contributed by atoms with Gasteiger partial charge in [0.25, 0.3) is 0 Å². The van der Waals surface area contributed by atoms with Crippen molar-refractivity contribution >= 4 is 29.9 Å². The molecular formula is C23H38N2O13. The van der Waals surface area contributed by atoms with E-state index in [0.717, 1.165) is 13.8 Å². The lowest BCUT2D eigenvalue weighted by Gasteiger charge is -2.44. The van der Waals surface area contributed by atoms with Crippen LogP contribution in [0.25, 0.3) is 0 Å². The van der Waals surface area contributed by atoms with Crippen LogP contribution in [-0.4, -0.2) is 110 Å². The molecule has 6 atom stereocenters. The van der Waals surface area contributed by atoms with Crippen LogP contribution >= 0.6 is 0 Å². The van der Waals surface area contributed by atoms with Gasteiger partial charge in [-0.25, -0.2) is 4.79 Å². The van der Waals surface area contributed by atoms with Crippen molar-refractivity contribution in [3.63, 3.8) is 0 Å². The van der Waals surface area contributed by atoms with E-state index in [-0.39, 0.29) is 19.8 Å². The highest BCUT2D eigenvalue weighted by Gasteiger charge is 2.51. The topological polar surface area (TPSA) is 205 Å². The van der Waals surface area contributed by atoms with E-state index in [1.807, 2.05) is 0 Å². The fourth-order valence-electron chi connectivity index (χ4n) is 3.50. The molecule has 1 fully saturated rings. The number of ether oxygens (including phenoxy) is 6. The Balaban J connectivity index is 2.76. The molecule has 2 amide bonds. The predicted octanol–water partition coefficient (Wildman–Crippen LogP) is -1.09. The van der Waals surface area contributed by atoms with Gasteiger partial charge in [0.15, 0.2) is 18.5 Å². The van der Waals surface area contributed by atoms with Gasteiger partial charge in [-0.2, -0.15) is 0 Å². The molecule has 15 nitrogen and oxygen atoms in total. The number of esters is 3. The maximum Gasteiger partial charge on any atom is 0.407 e. The maximum atomic E-state index is 11.9. The van der Waals surface area contributed by atoms with Gasteiger partial charge in [0.1, 0.15) is 31.5 Å². The minimum absolute atomic E-state index is 0.152. The third kappa shape index (κ3) is 13.0. The van der Waals surface area contributed by atoms with Crippen LogP contribution in [0.3, 0.4) is 0 Å². The van der Waals surface area contributed by atoms with Crippen LogP contribution in [-0.2, 0) is 47.6 Å². The number of alkyl carbamates (subject to hydrolysis) is 1. The Bertz CT molecular complexity index is 793. The van der Waals surface area contributed by atoms with Crippen LogP contribution in [0.4, 0.5) is 4.79 Å². The van der Waals surface area contributed by atoms with E-state index in [1.54, 1.807) is 0 Å². The molecule has 1 aliphatic heterocycles. The first-order valence-electron chi connectivity index (χ1n) is 12.2. The third-order valence-electron chi connectivity index (χ3n) is 5.06. The number of amides is 2. The Kier molecular flexibility index (Phi) is 15.2. The molecule has 0 unspecified atom stereocenters. The zero-order valence-corrected chi connectivity index (χ0v) is 22.0. The van der Waals surface area contributed by atoms with Crippen molar-refractivity contribution in [2.24, 2.45) is 0 Å². The van der Waals surface area contributed by atoms with Gasteiger partial charge in [-0.15, -0.1) is 0 Å². The van der Waals surface area contributed by atoms with E-state index >= 15 is 0 Å². The van der Waals surface area contributed by atoms with Gasteiger partial charge >= 0.3 is 24.0 Å². The summed E-state index contributed by atoms with van der Waals surface area (Å²) in [5.41, 5.74) is 0. The van der Waals surface area contributed by atoms with E-state index in [1.165, 1.54) is 13.8 Å². The number of aliphatic hydroxyl groups excluding tert-OH is 2. The van der Waals surface area contributed by atoms with Gasteiger partial charge < -0.3 is 49.3 Å². The van der Waals surface area contributed by atoms with Crippen LogP contribution in [0, 0.1) is 0 Å². The number of hydrogen-bond donors (Lipinski definition) is 4. The molecule has 0 bridgehead atoms. The number of rotatable bonds is 15. The summed E-state index contributed by atoms with van der Waals surface area (Å²) in [5, 5.41) is 23.0. The van der Waals surface area contributed by atoms with E-state index in [9.17, 15) is 24.0 Å². The molecule has 0 aliphatic carbocycles. The van der Waals surface area contributed by atoms with Gasteiger partial charge in [0, 0.05) is 40.8 Å². The average Bonchev–Trinajstić information content (AvgIpc) is 2.83. The van der Waals surface area contributed by atoms with Crippen molar-refractivity contribution in [1.82, 2.24) is 10.6 Å². The van der Waals surface area contributed by atoms with Crippen molar-refractivity contribution < 1.29 is 62.6 Å². The Labute approximate surface area is 220 Å². The van der Waals surface area contributed by atoms with Crippen LogP contribution < -0.4 is 10.6 Å². The summed E-state index contributed by atoms with van der Waals surface area (Å²) in [6, 6.07) is -1.04. The number of unbranched alkanes of at least 4 members (excludes halogenated alkanes) is 2. The van der Waals surface area contributed by atoms with Gasteiger partial charge in [-0.1, -0.05) is 0 Å². The van der Waals surface area contributed by atoms with E-state index in [0.29, 0.717) is 25.8 Å². The minimum atomic E-state index is -1.20. The summed E-state index contributed by atoms with van der Waals surface area (Å²) in [6.45, 7) is 4.02. The molecule has 4 N–H and O–H groups in total. The summed E-state index contributed by atoms with van der Waals surface area (Å²) in [4.78, 5) is 58.4. The Morgan fingerprint density at radius 2 is 1.55 bits per heavy atom. The third-order valence-corrected chi connectivity index (χ3v) is 5.06. The molecule has 38 heavy (non-hydrogen) atoms. The van der Waals surface area contributed by atoms with Crippen molar-refractivity contribution in [1.29, 1.82) is 0 Å². The largest absolute Gasteiger partial charge is 0.463 e. The summed E-state index contributed by atoms with van der Waals surface area (Å²) >= 11 is 0. The first-order chi connectivity index (χ1) is 17.9. The molecule has 0 aromatic rings. The molecular weight excluding hydrogens is 512 g/mol. The highest BCUT2D eigenvalue weighted by Crippen LogP contribution is 2.28. The molecule has 218 valence electrons. The average molecular weight is 551 g/mol. The molecule has 0 aromatic heterocycles. The van der Waals surface area contributed by atoms with E-state index in [2.05, 4.69) is 10.6 Å². The highest BCUT2D eigenvalue weighted by molar-refractivity contribution is 5.73. The maximum absolute atomic E-state index is 11.9. The monoisotopic (exact) mass is 550 g/mol. The molecule has 1 heterocycles. The second kappa shape index (κ2) is 17.5. The second-order valence-corrected chi connectivity index (χ2v) is 8.51. The molecule has 1 rings (SSSR count). The lowest BCUT2D eigenvalue weighted by atomic mass is 9.96. The normalized spacial score (nSPS) is 23.5. The summed E-state index contributed by atoms with van der Waals surface area (Å²) in [7, 11) is 0. The molecule has 0 spiro atoms. The number of carbonyl (C=O) groups excluding carboxylic acids is 5. The minimum Gasteiger partial charge on any atom is -0.463 e. The lowest BCUT2D eigenvalue weighted by molar-refractivity contribution is -0.277. The second-order valence-electron chi connectivity index (χ2n) is 8.51. The quantitative estimate of drug-likeness (QED) is 0.109. The Morgan fingerprint density at radius 1 is 0.895 bits per heavy atom. The Hall–Kier alpha value is -3.01. The van der Waals surface area contributed by atoms with Gasteiger partial charge in [-0.3, -0.25) is 19.2 Å². The van der Waals surface area contributed by atoms with Crippen molar-refractivity contribution in [2.75, 3.05) is 33.0 Å². The zero-order chi connectivity index (χ0) is 28.7. The smallest absolute Gasteiger partial charge is 0.407 e. The van der Waals surface area contributed by atoms with Gasteiger partial charge in [0.2, 0.25) is 5.91 Å². The summed E-state index contributed by atoms with van der Waals surface area (Å²) in [6.07, 6.45) is -4.73. The molecule has 0 radical (unpaired) electrons. The SMILES string of the molecule is CC(=O)N[C@H]1[C@H](OCCCCCNC(=O)OC[C@H](O)CO)O[C@H](COC(C)=O)[C@H](OC(C)=O)[C@@H]1OC(C)=O. The summed E-state index contributed by atoms with van der Waals surface area (Å²) < 4.78 is 32.2. The highest BCUT2D eigenvalue weighted by atomic mass is 16.7. The molecule has 1 saturated heterocycles. The van der Waals surface area contributed by atoms with Crippen molar-refractivity contribution in [3.8, 4) is 0 Å². The summed E-state index contributed by atoms with van der Waals surface area (Å²) in [5.74, 6) is -2.49. The fourth-order valence-corrected chi connectivity index (χ4v) is 3.50. The standard InChI is InChI=1S/C23H38N2O13/c1-13(27)25-19-21(37-16(4)30)20(36-15(3)29)18(12-34-14(2)28)38-22(19)33-9-7-5-6-8-24-23(32)35-11-17(31)10-26/h17-22,26,31H,5-12H2,1-4H3,(H,24,32)(H,25,27)/t17-,18-,19-,20+,21-,22-/m1/s1. The molecule has 0 saturated carbocycles. The van der Waals surface area contributed by atoms with Crippen LogP contribution in [0.1, 0.15) is 47.0 Å². The van der Waals surface area contributed by atoms with E-state index in [4.69, 9.17) is 38.6 Å². The number of hydrogen-bond acceptors (Lipinski definition) is 13. The predicted molar refractivity (Wildman–Crippen MR) is 126 cm³/mol. The van der Waals surface area contributed by atoms with Gasteiger partial charge in [0.05, 0.1) is 6.61 Å². The van der Waals surface area contributed by atoms with Crippen LogP contribution in [0.2, 0.25) is 0 Å². The molecule has 0 aromatic carbocycles. The number of nitrogens with one attached hydrogen (secondary N) is 2. The Morgan fingerprint density at radius 3 is 2.13 bits per heavy atom. The van der Waals surface area contributed by atoms with E-state index < -0.39 is 73.3 Å². The van der Waals surface area contributed by atoms with Crippen molar-refractivity contribution in [2.45, 2.75) is 83.7 Å². The number of carbonyl (C=O) groups is 5. The molecule has 15 heteroatoms. The first-order valence-corrected chi connectivity index (χ1v) is 12.2. The van der Waals surface area contributed by atoms with Crippen LogP contribution in [0.5, 0.6) is 0 Å². The van der Waals surface area contributed by atoms with Gasteiger partial charge in [-0.05, 0) is 19.3 Å². The first kappa shape index (κ1) is 33.0. The zero-order valence-electron chi connectivity index (χ0n) is 22.0. The molecule has 1 aliphatic rings. The van der Waals surface area contributed by atoms with Crippen LogP contribution in [0.15, 0.2) is 0 Å². The van der Waals surface area contributed by atoms with Crippen molar-refractivity contribution in [3.05, 3.63) is 0 Å².